The molecule has 44 heavy (non-hydrogen) atoms. The first kappa shape index (κ1) is 32.5. The van der Waals surface area contributed by atoms with E-state index in [1.54, 1.807) is 50.4 Å². The zero-order valence-corrected chi connectivity index (χ0v) is 25.4. The minimum Gasteiger partial charge on any atom is -0.497 e. The Kier molecular flexibility index (Phi) is 11.3. The van der Waals surface area contributed by atoms with Crippen LogP contribution in [0.5, 0.6) is 11.5 Å². The van der Waals surface area contributed by atoms with Gasteiger partial charge in [-0.15, -0.1) is 0 Å². The van der Waals surface area contributed by atoms with Crippen LogP contribution in [0.4, 0.5) is 0 Å². The highest BCUT2D eigenvalue weighted by Gasteiger charge is 2.23. The van der Waals surface area contributed by atoms with Gasteiger partial charge in [0.15, 0.2) is 12.4 Å². The Morgan fingerprint density at radius 1 is 0.977 bits per heavy atom. The van der Waals surface area contributed by atoms with Crippen molar-refractivity contribution < 1.29 is 33.4 Å². The van der Waals surface area contributed by atoms with Crippen molar-refractivity contribution >= 4 is 34.4 Å². The van der Waals surface area contributed by atoms with E-state index >= 15 is 0 Å². The zero-order valence-electron chi connectivity index (χ0n) is 25.4. The highest BCUT2D eigenvalue weighted by atomic mass is 16.5. The van der Waals surface area contributed by atoms with Gasteiger partial charge in [-0.05, 0) is 75.1 Å². The number of nitrogens with two attached hydrogens (primary N) is 1. The third kappa shape index (κ3) is 8.35. The SMILES string of the molecule is COc1ccc(C(=O)c2cn(CC3CCOCC3)c3ccc(OCC(=O)N[C@@H](C)C(=O)N[C@@H](C)C(=O)NCCN)cc23)cc1. The van der Waals surface area contributed by atoms with Gasteiger partial charge >= 0.3 is 0 Å². The summed E-state index contributed by atoms with van der Waals surface area (Å²) in [7, 11) is 1.57. The Labute approximate surface area is 256 Å². The van der Waals surface area contributed by atoms with E-state index in [0.29, 0.717) is 40.5 Å². The standard InChI is InChI=1S/C32H41N5O7/c1-20(31(40)34-13-12-33)36-32(41)21(2)35-29(38)19-44-25-8-9-28-26(16-25)27(18-37(28)17-22-10-14-43-15-11-22)30(39)23-4-6-24(42-3)7-5-23/h4-9,16,18,20-22H,10-15,17,19,33H2,1-3H3,(H,34,40)(H,35,38)(H,36,41)/t20-,21-/m0/s1. The van der Waals surface area contributed by atoms with E-state index in [4.69, 9.17) is 19.9 Å². The predicted octanol–water partition coefficient (Wildman–Crippen LogP) is 1.77. The van der Waals surface area contributed by atoms with Crippen molar-refractivity contribution in [3.63, 3.8) is 0 Å². The molecule has 2 heterocycles. The molecule has 1 aliphatic heterocycles. The van der Waals surface area contributed by atoms with Gasteiger partial charge in [0.05, 0.1) is 7.11 Å². The molecule has 0 bridgehead atoms. The molecule has 1 saturated heterocycles. The Balaban J connectivity index is 1.46. The van der Waals surface area contributed by atoms with Crippen molar-refractivity contribution in [1.82, 2.24) is 20.5 Å². The van der Waals surface area contributed by atoms with Gasteiger partial charge in [-0.3, -0.25) is 19.2 Å². The maximum atomic E-state index is 13.7. The van der Waals surface area contributed by atoms with E-state index in [-0.39, 0.29) is 24.8 Å². The number of ether oxygens (including phenoxy) is 3. The van der Waals surface area contributed by atoms with Gasteiger partial charge in [0.2, 0.25) is 11.8 Å². The summed E-state index contributed by atoms with van der Waals surface area (Å²) in [6.45, 7) is 5.51. The molecule has 12 nitrogen and oxygen atoms in total. The largest absolute Gasteiger partial charge is 0.497 e. The molecule has 0 spiro atoms. The molecule has 0 unspecified atom stereocenters. The lowest BCUT2D eigenvalue weighted by Gasteiger charge is -2.22. The minimum absolute atomic E-state index is 0.135. The van der Waals surface area contributed by atoms with E-state index < -0.39 is 23.9 Å². The smallest absolute Gasteiger partial charge is 0.258 e. The molecule has 3 aromatic rings. The molecule has 12 heteroatoms. The number of methoxy groups -OCH3 is 1. The number of aromatic nitrogens is 1. The van der Waals surface area contributed by atoms with Crippen LogP contribution in [0.15, 0.2) is 48.7 Å². The molecular weight excluding hydrogens is 566 g/mol. The quantitative estimate of drug-likeness (QED) is 0.202. The second-order valence-electron chi connectivity index (χ2n) is 10.9. The second kappa shape index (κ2) is 15.3. The summed E-state index contributed by atoms with van der Waals surface area (Å²) < 4.78 is 18.6. The summed E-state index contributed by atoms with van der Waals surface area (Å²) in [5, 5.41) is 8.45. The predicted molar refractivity (Wildman–Crippen MR) is 165 cm³/mol. The summed E-state index contributed by atoms with van der Waals surface area (Å²) in [4.78, 5) is 50.7. The Bertz CT molecular complexity index is 1460. The maximum Gasteiger partial charge on any atom is 0.258 e. The normalized spacial score (nSPS) is 14.8. The molecule has 0 saturated carbocycles. The third-order valence-corrected chi connectivity index (χ3v) is 7.58. The van der Waals surface area contributed by atoms with Crippen LogP contribution in [0.1, 0.15) is 42.6 Å². The van der Waals surface area contributed by atoms with Gasteiger partial charge in [-0.1, -0.05) is 0 Å². The maximum absolute atomic E-state index is 13.7. The van der Waals surface area contributed by atoms with Crippen molar-refractivity contribution in [2.75, 3.05) is 40.0 Å². The van der Waals surface area contributed by atoms with Crippen LogP contribution < -0.4 is 31.2 Å². The highest BCUT2D eigenvalue weighted by Crippen LogP contribution is 2.30. The topological polar surface area (TPSA) is 163 Å². The lowest BCUT2D eigenvalue weighted by Crippen LogP contribution is -2.52. The summed E-state index contributed by atoms with van der Waals surface area (Å²) in [5.74, 6) is -0.0291. The van der Waals surface area contributed by atoms with Crippen molar-refractivity contribution in [3.8, 4) is 11.5 Å². The molecule has 236 valence electrons. The van der Waals surface area contributed by atoms with E-state index in [9.17, 15) is 19.2 Å². The molecule has 4 rings (SSSR count). The zero-order chi connectivity index (χ0) is 31.6. The average Bonchev–Trinajstić information content (AvgIpc) is 3.39. The number of carbonyl (C=O) groups is 4. The van der Waals surface area contributed by atoms with Gasteiger partial charge in [0.25, 0.3) is 5.91 Å². The number of benzene rings is 2. The summed E-state index contributed by atoms with van der Waals surface area (Å²) in [5.41, 5.74) is 7.33. The van der Waals surface area contributed by atoms with Crippen LogP contribution in [0, 0.1) is 5.92 Å². The van der Waals surface area contributed by atoms with Crippen LogP contribution in [0.2, 0.25) is 0 Å². The Morgan fingerprint density at radius 3 is 2.34 bits per heavy atom. The number of rotatable bonds is 14. The minimum atomic E-state index is -0.897. The lowest BCUT2D eigenvalue weighted by atomic mass is 10.0. The first-order valence-corrected chi connectivity index (χ1v) is 14.8. The van der Waals surface area contributed by atoms with Gasteiger partial charge < -0.3 is 40.5 Å². The number of carbonyl (C=O) groups excluding carboxylic acids is 4. The number of nitrogens with zero attached hydrogens (tertiary/aromatic N) is 1. The number of nitrogens with one attached hydrogen (secondary N) is 3. The monoisotopic (exact) mass is 607 g/mol. The van der Waals surface area contributed by atoms with Crippen molar-refractivity contribution in [2.24, 2.45) is 11.7 Å². The van der Waals surface area contributed by atoms with E-state index in [0.717, 1.165) is 38.1 Å². The van der Waals surface area contributed by atoms with Crippen LogP contribution >= 0.6 is 0 Å². The molecule has 0 aliphatic carbocycles. The van der Waals surface area contributed by atoms with E-state index in [1.165, 1.54) is 6.92 Å². The lowest BCUT2D eigenvalue weighted by molar-refractivity contribution is -0.132. The fraction of sp³-hybridized carbons (Fsp3) is 0.438. The van der Waals surface area contributed by atoms with E-state index in [2.05, 4.69) is 20.5 Å². The first-order chi connectivity index (χ1) is 21.2. The van der Waals surface area contributed by atoms with Gasteiger partial charge in [0, 0.05) is 61.1 Å². The number of amides is 3. The van der Waals surface area contributed by atoms with Crippen LogP contribution in [0.3, 0.4) is 0 Å². The number of hydrogen-bond acceptors (Lipinski definition) is 8. The second-order valence-corrected chi connectivity index (χ2v) is 10.9. The Hall–Kier alpha value is -4.42. The molecule has 1 aromatic heterocycles. The van der Waals surface area contributed by atoms with Gasteiger partial charge in [0.1, 0.15) is 23.6 Å². The average molecular weight is 608 g/mol. The summed E-state index contributed by atoms with van der Waals surface area (Å²) >= 11 is 0. The molecule has 1 aliphatic rings. The molecule has 1 fully saturated rings. The van der Waals surface area contributed by atoms with Gasteiger partial charge in [-0.25, -0.2) is 0 Å². The summed E-state index contributed by atoms with van der Waals surface area (Å²) in [6.07, 6.45) is 3.80. The van der Waals surface area contributed by atoms with Crippen molar-refractivity contribution in [2.45, 2.75) is 45.3 Å². The van der Waals surface area contributed by atoms with E-state index in [1.807, 2.05) is 12.3 Å². The molecule has 2 aromatic carbocycles. The van der Waals surface area contributed by atoms with Crippen LogP contribution in [-0.2, 0) is 25.7 Å². The summed E-state index contributed by atoms with van der Waals surface area (Å²) in [6, 6.07) is 10.7. The molecule has 2 atom stereocenters. The van der Waals surface area contributed by atoms with Crippen molar-refractivity contribution in [3.05, 3.63) is 59.8 Å². The van der Waals surface area contributed by atoms with Gasteiger partial charge in [-0.2, -0.15) is 0 Å². The van der Waals surface area contributed by atoms with Crippen LogP contribution in [-0.4, -0.2) is 80.2 Å². The molecular formula is C32H41N5O7. The number of fused-ring (bicyclic) bond motifs is 1. The number of hydrogen-bond donors (Lipinski definition) is 4. The fourth-order valence-corrected chi connectivity index (χ4v) is 5.05. The highest BCUT2D eigenvalue weighted by molar-refractivity contribution is 6.16. The molecule has 0 radical (unpaired) electrons. The Morgan fingerprint density at radius 2 is 1.66 bits per heavy atom. The third-order valence-electron chi connectivity index (χ3n) is 7.58. The van der Waals surface area contributed by atoms with Crippen LogP contribution in [0.25, 0.3) is 10.9 Å². The first-order valence-electron chi connectivity index (χ1n) is 14.8. The molecule has 5 N–H and O–H groups in total. The molecule has 3 amide bonds. The number of ketones is 1. The van der Waals surface area contributed by atoms with Crippen molar-refractivity contribution in [1.29, 1.82) is 0 Å². The fourth-order valence-electron chi connectivity index (χ4n) is 5.05.